The molecule has 1 atom stereocenters. The van der Waals surface area contributed by atoms with E-state index in [1.54, 1.807) is 0 Å². The molecule has 0 fully saturated rings. The third kappa shape index (κ3) is 3.85. The standard InChI is InChI=1S/C5H11N3O2/c6-3(5(8)10)1-2-4(7)9/h3H,1-2,6H2,(H2,7,9)(H2,8,10)/p+1/t3-/m1/s1. The van der Waals surface area contributed by atoms with E-state index >= 15 is 0 Å². The van der Waals surface area contributed by atoms with E-state index in [4.69, 9.17) is 11.5 Å². The predicted octanol–water partition coefficient (Wildman–Crippen LogP) is -2.65. The van der Waals surface area contributed by atoms with Gasteiger partial charge in [0.25, 0.3) is 5.91 Å². The molecule has 0 rings (SSSR count). The van der Waals surface area contributed by atoms with Crippen molar-refractivity contribution in [2.24, 2.45) is 11.5 Å². The highest BCUT2D eigenvalue weighted by molar-refractivity contribution is 5.79. The van der Waals surface area contributed by atoms with Crippen molar-refractivity contribution in [2.75, 3.05) is 0 Å². The van der Waals surface area contributed by atoms with Crippen LogP contribution in [-0.2, 0) is 9.59 Å². The minimum atomic E-state index is -0.507. The highest BCUT2D eigenvalue weighted by atomic mass is 16.1. The average Bonchev–Trinajstić information content (AvgIpc) is 1.82. The molecule has 58 valence electrons. The van der Waals surface area contributed by atoms with E-state index in [0.29, 0.717) is 6.42 Å². The second-order valence-corrected chi connectivity index (χ2v) is 2.10. The van der Waals surface area contributed by atoms with Gasteiger partial charge in [-0.1, -0.05) is 0 Å². The first kappa shape index (κ1) is 8.90. The van der Waals surface area contributed by atoms with Crippen molar-refractivity contribution in [3.63, 3.8) is 0 Å². The predicted molar refractivity (Wildman–Crippen MR) is 34.3 cm³/mol. The largest absolute Gasteiger partial charge is 0.370 e. The molecule has 0 unspecified atom stereocenters. The minimum Gasteiger partial charge on any atom is -0.370 e. The molecule has 0 aromatic heterocycles. The van der Waals surface area contributed by atoms with Crippen LogP contribution in [0.1, 0.15) is 12.8 Å². The van der Waals surface area contributed by atoms with E-state index in [1.807, 2.05) is 0 Å². The van der Waals surface area contributed by atoms with Gasteiger partial charge in [0.05, 0.1) is 0 Å². The van der Waals surface area contributed by atoms with E-state index in [0.717, 1.165) is 0 Å². The summed E-state index contributed by atoms with van der Waals surface area (Å²) in [6.07, 6.45) is 0.502. The maximum absolute atomic E-state index is 10.3. The smallest absolute Gasteiger partial charge is 0.275 e. The zero-order valence-electron chi connectivity index (χ0n) is 5.67. The Labute approximate surface area is 58.5 Å². The Hall–Kier alpha value is -1.10. The number of primary amides is 2. The monoisotopic (exact) mass is 146 g/mol. The summed E-state index contributed by atoms with van der Waals surface area (Å²) < 4.78 is 0. The molecule has 0 bridgehead atoms. The van der Waals surface area contributed by atoms with E-state index in [-0.39, 0.29) is 6.42 Å². The van der Waals surface area contributed by atoms with E-state index in [1.165, 1.54) is 0 Å². The third-order valence-corrected chi connectivity index (χ3v) is 1.14. The topological polar surface area (TPSA) is 114 Å². The maximum atomic E-state index is 10.3. The van der Waals surface area contributed by atoms with Crippen molar-refractivity contribution in [3.05, 3.63) is 0 Å². The van der Waals surface area contributed by atoms with Crippen LogP contribution in [0, 0.1) is 0 Å². The first-order valence-electron chi connectivity index (χ1n) is 2.94. The molecule has 0 saturated heterocycles. The van der Waals surface area contributed by atoms with Gasteiger partial charge in [0.2, 0.25) is 5.91 Å². The number of carbonyl (C=O) groups is 2. The van der Waals surface area contributed by atoms with Crippen molar-refractivity contribution in [1.82, 2.24) is 0 Å². The minimum absolute atomic E-state index is 0.164. The molecular formula is C5H12N3O2+. The Bertz CT molecular complexity index is 146. The molecule has 0 aromatic carbocycles. The van der Waals surface area contributed by atoms with Crippen LogP contribution in [0.15, 0.2) is 0 Å². The Morgan fingerprint density at radius 2 is 1.90 bits per heavy atom. The van der Waals surface area contributed by atoms with Crippen molar-refractivity contribution in [3.8, 4) is 0 Å². The summed E-state index contributed by atoms with van der Waals surface area (Å²) in [6, 6.07) is -0.507. The molecule has 0 aliphatic rings. The summed E-state index contributed by atoms with van der Waals surface area (Å²) >= 11 is 0. The molecule has 0 spiro atoms. The fraction of sp³-hybridized carbons (Fsp3) is 0.600. The SMILES string of the molecule is NC(=O)CC[C@@H]([NH3+])C(N)=O. The van der Waals surface area contributed by atoms with Gasteiger partial charge in [0.1, 0.15) is 0 Å². The quantitative estimate of drug-likeness (QED) is 0.402. The van der Waals surface area contributed by atoms with E-state index in [9.17, 15) is 9.59 Å². The molecule has 0 saturated carbocycles. The normalized spacial score (nSPS) is 12.5. The van der Waals surface area contributed by atoms with Gasteiger partial charge in [-0.3, -0.25) is 9.59 Å². The van der Waals surface area contributed by atoms with Gasteiger partial charge in [0.15, 0.2) is 6.04 Å². The molecule has 0 radical (unpaired) electrons. The Balaban J connectivity index is 3.49. The Kier molecular flexibility index (Phi) is 3.42. The molecule has 0 aliphatic heterocycles. The van der Waals surface area contributed by atoms with Crippen molar-refractivity contribution < 1.29 is 15.3 Å². The zero-order valence-corrected chi connectivity index (χ0v) is 5.67. The van der Waals surface area contributed by atoms with Crippen LogP contribution < -0.4 is 17.2 Å². The molecule has 7 N–H and O–H groups in total. The highest BCUT2D eigenvalue weighted by Gasteiger charge is 2.13. The number of amides is 2. The van der Waals surface area contributed by atoms with Crippen molar-refractivity contribution in [1.29, 1.82) is 0 Å². The lowest BCUT2D eigenvalue weighted by Crippen LogP contribution is -2.66. The third-order valence-electron chi connectivity index (χ3n) is 1.14. The van der Waals surface area contributed by atoms with Crippen LogP contribution >= 0.6 is 0 Å². The number of nitrogens with two attached hydrogens (primary N) is 2. The van der Waals surface area contributed by atoms with Gasteiger partial charge in [-0.25, -0.2) is 0 Å². The Morgan fingerprint density at radius 1 is 1.40 bits per heavy atom. The lowest BCUT2D eigenvalue weighted by atomic mass is 10.1. The molecule has 10 heavy (non-hydrogen) atoms. The van der Waals surface area contributed by atoms with Crippen LogP contribution in [-0.4, -0.2) is 17.9 Å². The summed E-state index contributed by atoms with van der Waals surface area (Å²) in [7, 11) is 0. The molecular weight excluding hydrogens is 134 g/mol. The molecule has 0 aromatic rings. The Morgan fingerprint density at radius 3 is 2.20 bits per heavy atom. The zero-order chi connectivity index (χ0) is 8.15. The first-order valence-corrected chi connectivity index (χ1v) is 2.94. The van der Waals surface area contributed by atoms with Crippen LogP contribution in [0.2, 0.25) is 0 Å². The summed E-state index contributed by atoms with van der Waals surface area (Å²) in [4.78, 5) is 20.5. The van der Waals surface area contributed by atoms with Gasteiger partial charge in [-0.15, -0.1) is 0 Å². The second kappa shape index (κ2) is 3.84. The van der Waals surface area contributed by atoms with Crippen molar-refractivity contribution in [2.45, 2.75) is 18.9 Å². The van der Waals surface area contributed by atoms with Crippen LogP contribution in [0.4, 0.5) is 0 Å². The van der Waals surface area contributed by atoms with Gasteiger partial charge < -0.3 is 17.2 Å². The molecule has 5 nitrogen and oxygen atoms in total. The number of hydrogen-bond donors (Lipinski definition) is 3. The van der Waals surface area contributed by atoms with E-state index in [2.05, 4.69) is 5.73 Å². The number of rotatable bonds is 4. The molecule has 0 heterocycles. The molecule has 2 amide bonds. The number of hydrogen-bond acceptors (Lipinski definition) is 2. The lowest BCUT2D eigenvalue weighted by molar-refractivity contribution is -0.404. The second-order valence-electron chi connectivity index (χ2n) is 2.10. The van der Waals surface area contributed by atoms with Gasteiger partial charge in [0, 0.05) is 12.8 Å². The molecule has 5 heteroatoms. The fourth-order valence-corrected chi connectivity index (χ4v) is 0.459. The van der Waals surface area contributed by atoms with Crippen molar-refractivity contribution >= 4 is 11.8 Å². The summed E-state index contributed by atoms with van der Waals surface area (Å²) in [5, 5.41) is 0. The first-order chi connectivity index (χ1) is 4.54. The van der Waals surface area contributed by atoms with Crippen LogP contribution in [0.25, 0.3) is 0 Å². The number of quaternary nitrogens is 1. The highest BCUT2D eigenvalue weighted by Crippen LogP contribution is 1.89. The maximum Gasteiger partial charge on any atom is 0.275 e. The van der Waals surface area contributed by atoms with Crippen LogP contribution in [0.5, 0.6) is 0 Å². The van der Waals surface area contributed by atoms with Crippen LogP contribution in [0.3, 0.4) is 0 Å². The van der Waals surface area contributed by atoms with E-state index < -0.39 is 17.9 Å². The van der Waals surface area contributed by atoms with Gasteiger partial charge >= 0.3 is 0 Å². The van der Waals surface area contributed by atoms with Gasteiger partial charge in [-0.05, 0) is 0 Å². The molecule has 0 aliphatic carbocycles. The average molecular weight is 146 g/mol. The lowest BCUT2D eigenvalue weighted by Gasteiger charge is -1.99. The summed E-state index contributed by atoms with van der Waals surface area (Å²) in [6.45, 7) is 0. The number of carbonyl (C=O) groups excluding carboxylic acids is 2. The summed E-state index contributed by atoms with van der Waals surface area (Å²) in [5.74, 6) is -0.934. The summed E-state index contributed by atoms with van der Waals surface area (Å²) in [5.41, 5.74) is 13.1. The fourth-order valence-electron chi connectivity index (χ4n) is 0.459. The van der Waals surface area contributed by atoms with Gasteiger partial charge in [-0.2, -0.15) is 0 Å².